The van der Waals surface area contributed by atoms with E-state index in [0.29, 0.717) is 42.5 Å². The van der Waals surface area contributed by atoms with Gasteiger partial charge in [0.1, 0.15) is 17.9 Å². The average molecular weight is 516 g/mol. The number of carbonyl (C=O) groups is 2. The zero-order chi connectivity index (χ0) is 26.2. The third-order valence-corrected chi connectivity index (χ3v) is 7.39. The van der Waals surface area contributed by atoms with Crippen molar-refractivity contribution >= 4 is 40.3 Å². The fraction of sp³-hybridized carbons (Fsp3) is 0.333. The molecule has 38 heavy (non-hydrogen) atoms. The predicted molar refractivity (Wildman–Crippen MR) is 145 cm³/mol. The Balaban J connectivity index is 1.18. The van der Waals surface area contributed by atoms with Gasteiger partial charge in [-0.2, -0.15) is 0 Å². The van der Waals surface area contributed by atoms with Gasteiger partial charge in [0.15, 0.2) is 0 Å². The Morgan fingerprint density at radius 3 is 2.82 bits per heavy atom. The van der Waals surface area contributed by atoms with Crippen molar-refractivity contribution in [2.75, 3.05) is 53.6 Å². The second kappa shape index (κ2) is 9.73. The van der Waals surface area contributed by atoms with E-state index < -0.39 is 11.5 Å². The molecular weight excluding hydrogens is 486 g/mol. The molecule has 0 saturated carbocycles. The first kappa shape index (κ1) is 23.8. The maximum absolute atomic E-state index is 13.2. The summed E-state index contributed by atoms with van der Waals surface area (Å²) < 4.78 is 5.59. The van der Waals surface area contributed by atoms with E-state index >= 15 is 0 Å². The topological polar surface area (TPSA) is 132 Å². The normalized spacial score (nSPS) is 18.2. The van der Waals surface area contributed by atoms with Gasteiger partial charge in [-0.25, -0.2) is 4.98 Å². The number of benzene rings is 1. The lowest BCUT2D eigenvalue weighted by Gasteiger charge is -2.38. The van der Waals surface area contributed by atoms with Crippen LogP contribution in [0.4, 0.5) is 28.4 Å². The van der Waals surface area contributed by atoms with Crippen LogP contribution in [0.2, 0.25) is 0 Å². The summed E-state index contributed by atoms with van der Waals surface area (Å²) in [5.74, 6) is 0.261. The van der Waals surface area contributed by atoms with Crippen molar-refractivity contribution < 1.29 is 14.3 Å². The number of pyridine rings is 2. The molecule has 0 radical (unpaired) electrons. The van der Waals surface area contributed by atoms with Gasteiger partial charge >= 0.3 is 0 Å². The van der Waals surface area contributed by atoms with E-state index in [4.69, 9.17) is 4.74 Å². The van der Waals surface area contributed by atoms with Gasteiger partial charge in [-0.15, -0.1) is 0 Å². The summed E-state index contributed by atoms with van der Waals surface area (Å²) >= 11 is 0. The zero-order valence-electron chi connectivity index (χ0n) is 21.0. The molecule has 196 valence electrons. The van der Waals surface area contributed by atoms with E-state index in [1.807, 2.05) is 36.1 Å². The van der Waals surface area contributed by atoms with Gasteiger partial charge in [-0.3, -0.25) is 14.4 Å². The second-order valence-corrected chi connectivity index (χ2v) is 9.70. The molecule has 1 atom stereocenters. The number of nitrogens with one attached hydrogen (secondary N) is 4. The SMILES string of the molecule is Cc1c(Nc2cc[nH]c(=O)c2C(=O)Nc2ccc(N3CCN4C(=O)CC[C@H]4C3)cc2)cnc2c1NCCO2. The fourth-order valence-electron chi connectivity index (χ4n) is 5.35. The first-order chi connectivity index (χ1) is 18.5. The highest BCUT2D eigenvalue weighted by Crippen LogP contribution is 2.34. The summed E-state index contributed by atoms with van der Waals surface area (Å²) in [5, 5.41) is 9.33. The summed E-state index contributed by atoms with van der Waals surface area (Å²) in [6.45, 7) is 5.46. The van der Waals surface area contributed by atoms with Crippen molar-refractivity contribution in [2.45, 2.75) is 25.8 Å². The van der Waals surface area contributed by atoms with Crippen molar-refractivity contribution in [3.63, 3.8) is 0 Å². The number of amides is 2. The van der Waals surface area contributed by atoms with Gasteiger partial charge in [0.2, 0.25) is 11.8 Å². The van der Waals surface area contributed by atoms with Crippen molar-refractivity contribution in [3.05, 3.63) is 64.2 Å². The molecule has 2 saturated heterocycles. The summed E-state index contributed by atoms with van der Waals surface area (Å²) in [5.41, 5.74) is 3.78. The van der Waals surface area contributed by atoms with Gasteiger partial charge in [0.05, 0.1) is 17.6 Å². The highest BCUT2D eigenvalue weighted by molar-refractivity contribution is 6.08. The number of aromatic nitrogens is 2. The molecule has 11 heteroatoms. The maximum Gasteiger partial charge on any atom is 0.263 e. The van der Waals surface area contributed by atoms with E-state index in [0.717, 1.165) is 43.0 Å². The number of piperazine rings is 1. The lowest BCUT2D eigenvalue weighted by atomic mass is 10.1. The number of H-pyrrole nitrogens is 1. The third-order valence-electron chi connectivity index (χ3n) is 7.39. The number of carbonyl (C=O) groups excluding carboxylic acids is 2. The lowest BCUT2D eigenvalue weighted by molar-refractivity contribution is -0.129. The molecule has 0 aliphatic carbocycles. The zero-order valence-corrected chi connectivity index (χ0v) is 21.0. The van der Waals surface area contributed by atoms with Gasteiger partial charge in [-0.05, 0) is 43.7 Å². The van der Waals surface area contributed by atoms with Crippen LogP contribution in [-0.2, 0) is 4.79 Å². The van der Waals surface area contributed by atoms with Crippen molar-refractivity contribution in [1.29, 1.82) is 0 Å². The summed E-state index contributed by atoms with van der Waals surface area (Å²) in [7, 11) is 0. The summed E-state index contributed by atoms with van der Waals surface area (Å²) in [6, 6.07) is 9.47. The molecule has 6 rings (SSSR count). The molecule has 11 nitrogen and oxygen atoms in total. The van der Waals surface area contributed by atoms with Crippen molar-refractivity contribution in [3.8, 4) is 5.88 Å². The van der Waals surface area contributed by atoms with Crippen LogP contribution in [0.1, 0.15) is 28.8 Å². The number of aromatic amines is 1. The Morgan fingerprint density at radius 1 is 1.13 bits per heavy atom. The summed E-state index contributed by atoms with van der Waals surface area (Å²) in [6.07, 6.45) is 4.66. The molecule has 5 heterocycles. The van der Waals surface area contributed by atoms with Gasteiger partial charge in [-0.1, -0.05) is 0 Å². The van der Waals surface area contributed by atoms with Gasteiger partial charge < -0.3 is 35.5 Å². The molecule has 3 aromatic rings. The van der Waals surface area contributed by atoms with Crippen LogP contribution < -0.4 is 31.1 Å². The molecule has 0 spiro atoms. The first-order valence-electron chi connectivity index (χ1n) is 12.8. The minimum atomic E-state index is -0.523. The van der Waals surface area contributed by atoms with Crippen LogP contribution in [0.15, 0.2) is 47.5 Å². The van der Waals surface area contributed by atoms with Crippen molar-refractivity contribution in [1.82, 2.24) is 14.9 Å². The number of anilines is 5. The maximum atomic E-state index is 13.2. The smallest absolute Gasteiger partial charge is 0.263 e. The molecule has 2 fully saturated rings. The summed E-state index contributed by atoms with van der Waals surface area (Å²) in [4.78, 5) is 49.1. The minimum Gasteiger partial charge on any atom is -0.474 e. The Labute approximate surface area is 219 Å². The molecule has 1 aromatic carbocycles. The van der Waals surface area contributed by atoms with E-state index in [-0.39, 0.29) is 17.5 Å². The number of nitrogens with zero attached hydrogens (tertiary/aromatic N) is 3. The van der Waals surface area contributed by atoms with Gasteiger partial charge in [0.25, 0.3) is 11.5 Å². The van der Waals surface area contributed by atoms with Crippen LogP contribution in [0, 0.1) is 6.92 Å². The number of fused-ring (bicyclic) bond motifs is 2. The second-order valence-electron chi connectivity index (χ2n) is 9.70. The molecule has 3 aliphatic heterocycles. The van der Waals surface area contributed by atoms with E-state index in [9.17, 15) is 14.4 Å². The molecule has 3 aliphatic rings. The number of ether oxygens (including phenoxy) is 1. The molecule has 0 bridgehead atoms. The first-order valence-corrected chi connectivity index (χ1v) is 12.8. The van der Waals surface area contributed by atoms with Gasteiger partial charge in [0, 0.05) is 61.8 Å². The number of hydrogen-bond donors (Lipinski definition) is 4. The lowest BCUT2D eigenvalue weighted by Crippen LogP contribution is -2.51. The van der Waals surface area contributed by atoms with Crippen LogP contribution in [0.5, 0.6) is 5.88 Å². The standard InChI is InChI=1S/C27H29N7O4/c1-16-21(14-30-27-24(16)28-10-13-38-27)32-20-8-9-29-25(36)23(20)26(37)31-17-2-4-18(5-3-17)33-11-12-34-19(15-33)6-7-22(34)35/h2-5,8-9,14,19,28H,6-7,10-13,15H2,1H3,(H,31,37)(H2,29,32,36)/t19-/m0/s1. The quantitative estimate of drug-likeness (QED) is 0.408. The third kappa shape index (κ3) is 4.40. The molecular formula is C27H29N7O4. The number of hydrogen-bond acceptors (Lipinski definition) is 8. The van der Waals surface area contributed by atoms with Crippen LogP contribution in [0.25, 0.3) is 0 Å². The Bertz CT molecular complexity index is 1450. The Kier molecular flexibility index (Phi) is 6.10. The Hall–Kier alpha value is -4.54. The molecule has 2 amide bonds. The van der Waals surface area contributed by atoms with E-state index in [2.05, 4.69) is 30.8 Å². The van der Waals surface area contributed by atoms with Crippen molar-refractivity contribution in [2.24, 2.45) is 0 Å². The molecule has 2 aromatic heterocycles. The Morgan fingerprint density at radius 2 is 1.97 bits per heavy atom. The minimum absolute atomic E-state index is 0.0278. The molecule has 4 N–H and O–H groups in total. The van der Waals surface area contributed by atoms with Crippen LogP contribution in [-0.4, -0.2) is 65.5 Å². The van der Waals surface area contributed by atoms with E-state index in [1.54, 1.807) is 12.3 Å². The largest absolute Gasteiger partial charge is 0.474 e. The van der Waals surface area contributed by atoms with E-state index in [1.165, 1.54) is 6.20 Å². The fourth-order valence-corrected chi connectivity index (χ4v) is 5.35. The number of rotatable bonds is 5. The highest BCUT2D eigenvalue weighted by Gasteiger charge is 2.35. The van der Waals surface area contributed by atoms with Crippen LogP contribution in [0.3, 0.4) is 0 Å². The predicted octanol–water partition coefficient (Wildman–Crippen LogP) is 2.69. The molecule has 0 unspecified atom stereocenters. The average Bonchev–Trinajstić information content (AvgIpc) is 3.30. The monoisotopic (exact) mass is 515 g/mol. The van der Waals surface area contributed by atoms with Crippen LogP contribution >= 0.6 is 0 Å². The highest BCUT2D eigenvalue weighted by atomic mass is 16.5.